The molecular formula is C13H20N4O3. The highest BCUT2D eigenvalue weighted by atomic mass is 16.4. The van der Waals surface area contributed by atoms with Crippen LogP contribution in [0.3, 0.4) is 0 Å². The second-order valence-electron chi connectivity index (χ2n) is 4.94. The number of carbonyl (C=O) groups excluding carboxylic acids is 1. The number of rotatable bonds is 6. The van der Waals surface area contributed by atoms with Crippen LogP contribution in [0.15, 0.2) is 18.5 Å². The highest BCUT2D eigenvalue weighted by molar-refractivity contribution is 5.78. The fraction of sp³-hybridized carbons (Fsp3) is 0.615. The number of amides is 1. The molecule has 0 bridgehead atoms. The fourth-order valence-corrected chi connectivity index (χ4v) is 2.31. The molecule has 0 aromatic carbocycles. The normalized spacial score (nSPS) is 16.3. The van der Waals surface area contributed by atoms with Crippen molar-refractivity contribution >= 4 is 11.9 Å². The largest absolute Gasteiger partial charge is 0.481 e. The number of nitrogens with zero attached hydrogens (tertiary/aromatic N) is 3. The molecule has 1 fully saturated rings. The zero-order chi connectivity index (χ0) is 14.4. The Kier molecular flexibility index (Phi) is 5.11. The molecule has 1 aliphatic heterocycles. The number of carboxylic acid groups (broad SMARTS) is 1. The van der Waals surface area contributed by atoms with Crippen LogP contribution < -0.4 is 5.32 Å². The summed E-state index contributed by atoms with van der Waals surface area (Å²) in [6.07, 6.45) is 4.70. The van der Waals surface area contributed by atoms with Gasteiger partial charge in [-0.25, -0.2) is 0 Å². The molecule has 0 saturated carbocycles. The molecule has 1 amide bonds. The molecule has 2 rings (SSSR count). The summed E-state index contributed by atoms with van der Waals surface area (Å²) in [4.78, 5) is 24.5. The summed E-state index contributed by atoms with van der Waals surface area (Å²) in [5.74, 6) is -1.02. The molecule has 20 heavy (non-hydrogen) atoms. The van der Waals surface area contributed by atoms with Gasteiger partial charge in [-0.1, -0.05) is 0 Å². The van der Waals surface area contributed by atoms with E-state index in [1.165, 1.54) is 0 Å². The van der Waals surface area contributed by atoms with Gasteiger partial charge in [0.05, 0.1) is 19.0 Å². The Morgan fingerprint density at radius 2 is 2.10 bits per heavy atom. The number of hydrogen-bond acceptors (Lipinski definition) is 4. The smallest absolute Gasteiger partial charge is 0.306 e. The van der Waals surface area contributed by atoms with Crippen molar-refractivity contribution in [2.75, 3.05) is 26.2 Å². The van der Waals surface area contributed by atoms with Crippen LogP contribution in [0, 0.1) is 5.92 Å². The van der Waals surface area contributed by atoms with Crippen LogP contribution in [0.5, 0.6) is 0 Å². The van der Waals surface area contributed by atoms with Gasteiger partial charge in [-0.15, -0.1) is 0 Å². The van der Waals surface area contributed by atoms with E-state index in [0.29, 0.717) is 39.0 Å². The number of hydrogen-bond donors (Lipinski definition) is 2. The molecule has 7 nitrogen and oxygen atoms in total. The second-order valence-corrected chi connectivity index (χ2v) is 4.94. The van der Waals surface area contributed by atoms with Gasteiger partial charge >= 0.3 is 5.97 Å². The summed E-state index contributed by atoms with van der Waals surface area (Å²) >= 11 is 0. The molecule has 1 aromatic heterocycles. The van der Waals surface area contributed by atoms with Gasteiger partial charge in [0.2, 0.25) is 5.91 Å². The van der Waals surface area contributed by atoms with Gasteiger partial charge in [-0.3, -0.25) is 14.3 Å². The lowest BCUT2D eigenvalue weighted by Crippen LogP contribution is -2.44. The minimum atomic E-state index is -0.755. The van der Waals surface area contributed by atoms with Crippen molar-refractivity contribution in [2.45, 2.75) is 19.4 Å². The van der Waals surface area contributed by atoms with Crippen LogP contribution in [0.1, 0.15) is 12.8 Å². The van der Waals surface area contributed by atoms with Crippen LogP contribution in [0.2, 0.25) is 0 Å². The molecule has 2 heterocycles. The monoisotopic (exact) mass is 280 g/mol. The lowest BCUT2D eigenvalue weighted by Gasteiger charge is -2.30. The van der Waals surface area contributed by atoms with E-state index in [9.17, 15) is 9.59 Å². The molecule has 1 saturated heterocycles. The Labute approximate surface area is 117 Å². The van der Waals surface area contributed by atoms with E-state index in [-0.39, 0.29) is 11.8 Å². The third kappa shape index (κ3) is 4.06. The molecule has 0 spiro atoms. The van der Waals surface area contributed by atoms with Crippen molar-refractivity contribution in [1.29, 1.82) is 0 Å². The highest BCUT2D eigenvalue weighted by Crippen LogP contribution is 2.16. The molecule has 1 aliphatic rings. The first kappa shape index (κ1) is 14.5. The maximum Gasteiger partial charge on any atom is 0.306 e. The van der Waals surface area contributed by atoms with E-state index in [0.717, 1.165) is 6.54 Å². The van der Waals surface area contributed by atoms with Gasteiger partial charge in [0.1, 0.15) is 0 Å². The predicted molar refractivity (Wildman–Crippen MR) is 72.0 cm³/mol. The molecule has 1 aromatic rings. The number of piperidine rings is 1. The number of aliphatic carboxylic acids is 1. The van der Waals surface area contributed by atoms with Gasteiger partial charge in [0, 0.05) is 32.0 Å². The first-order chi connectivity index (χ1) is 9.66. The molecule has 0 atom stereocenters. The van der Waals surface area contributed by atoms with Gasteiger partial charge in [0.25, 0.3) is 0 Å². The first-order valence-corrected chi connectivity index (χ1v) is 6.85. The van der Waals surface area contributed by atoms with Crippen molar-refractivity contribution < 1.29 is 14.7 Å². The van der Waals surface area contributed by atoms with Crippen LogP contribution >= 0.6 is 0 Å². The minimum absolute atomic E-state index is 0.0364. The number of likely N-dealkylation sites (tertiary alicyclic amines) is 1. The zero-order valence-electron chi connectivity index (χ0n) is 11.4. The van der Waals surface area contributed by atoms with Crippen molar-refractivity contribution in [3.05, 3.63) is 18.5 Å². The van der Waals surface area contributed by atoms with Gasteiger partial charge < -0.3 is 15.3 Å². The maximum absolute atomic E-state index is 11.9. The molecule has 0 radical (unpaired) electrons. The van der Waals surface area contributed by atoms with E-state index in [2.05, 4.69) is 10.4 Å². The van der Waals surface area contributed by atoms with Crippen molar-refractivity contribution in [3.63, 3.8) is 0 Å². The second kappa shape index (κ2) is 7.04. The summed E-state index contributed by atoms with van der Waals surface area (Å²) in [6, 6.07) is 1.86. The quantitative estimate of drug-likeness (QED) is 0.704. The molecule has 2 N–H and O–H groups in total. The molecular weight excluding hydrogens is 260 g/mol. The van der Waals surface area contributed by atoms with Gasteiger partial charge in [0.15, 0.2) is 0 Å². The molecule has 110 valence electrons. The molecule has 0 aliphatic carbocycles. The summed E-state index contributed by atoms with van der Waals surface area (Å²) < 4.78 is 1.80. The molecule has 7 heteroatoms. The number of aromatic nitrogens is 2. The Morgan fingerprint density at radius 3 is 2.70 bits per heavy atom. The zero-order valence-corrected chi connectivity index (χ0v) is 11.4. The number of nitrogens with one attached hydrogen (secondary N) is 1. The fourth-order valence-electron chi connectivity index (χ4n) is 2.31. The third-order valence-electron chi connectivity index (χ3n) is 3.55. The maximum atomic E-state index is 11.9. The van der Waals surface area contributed by atoms with E-state index >= 15 is 0 Å². The van der Waals surface area contributed by atoms with E-state index in [1.54, 1.807) is 15.8 Å². The Balaban J connectivity index is 1.62. The molecule has 0 unspecified atom stereocenters. The number of carbonyl (C=O) groups is 2. The Morgan fingerprint density at radius 1 is 1.35 bits per heavy atom. The Hall–Kier alpha value is -1.89. The Bertz CT molecular complexity index is 438. The van der Waals surface area contributed by atoms with Crippen molar-refractivity contribution in [3.8, 4) is 0 Å². The average Bonchev–Trinajstić information content (AvgIpc) is 2.96. The summed E-state index contributed by atoms with van der Waals surface area (Å²) in [7, 11) is 0. The SMILES string of the molecule is O=C(O)C1CCN(C(=O)CNCCn2cccn2)CC1. The summed E-state index contributed by atoms with van der Waals surface area (Å²) in [5.41, 5.74) is 0. The standard InChI is InChI=1S/C13H20N4O3/c18-12(10-14-5-9-17-6-1-4-15-17)16-7-2-11(3-8-16)13(19)20/h1,4,6,11,14H,2-3,5,7-10H2,(H,19,20). The lowest BCUT2D eigenvalue weighted by atomic mass is 9.97. The summed E-state index contributed by atoms with van der Waals surface area (Å²) in [6.45, 7) is 2.77. The van der Waals surface area contributed by atoms with E-state index in [4.69, 9.17) is 5.11 Å². The van der Waals surface area contributed by atoms with Crippen molar-refractivity contribution in [1.82, 2.24) is 20.0 Å². The topological polar surface area (TPSA) is 87.5 Å². The minimum Gasteiger partial charge on any atom is -0.481 e. The van der Waals surface area contributed by atoms with Crippen LogP contribution in [-0.2, 0) is 16.1 Å². The first-order valence-electron chi connectivity index (χ1n) is 6.85. The number of carboxylic acids is 1. The van der Waals surface area contributed by atoms with Gasteiger partial charge in [-0.05, 0) is 18.9 Å². The third-order valence-corrected chi connectivity index (χ3v) is 3.55. The van der Waals surface area contributed by atoms with Crippen molar-refractivity contribution in [2.24, 2.45) is 5.92 Å². The summed E-state index contributed by atoms with van der Waals surface area (Å²) in [5, 5.41) is 16.1. The predicted octanol–water partition coefficient (Wildman–Crippen LogP) is -0.204. The van der Waals surface area contributed by atoms with E-state index < -0.39 is 5.97 Å². The highest BCUT2D eigenvalue weighted by Gasteiger charge is 2.26. The van der Waals surface area contributed by atoms with Crippen LogP contribution in [0.4, 0.5) is 0 Å². The van der Waals surface area contributed by atoms with E-state index in [1.807, 2.05) is 12.3 Å². The lowest BCUT2D eigenvalue weighted by molar-refractivity contribution is -0.145. The average molecular weight is 280 g/mol. The van der Waals surface area contributed by atoms with Crippen LogP contribution in [-0.4, -0.2) is 57.8 Å². The van der Waals surface area contributed by atoms with Crippen LogP contribution in [0.25, 0.3) is 0 Å². The van der Waals surface area contributed by atoms with Gasteiger partial charge in [-0.2, -0.15) is 5.10 Å².